The van der Waals surface area contributed by atoms with Crippen LogP contribution in [0.5, 0.6) is 5.75 Å². The Kier molecular flexibility index (Phi) is 12.2. The summed E-state index contributed by atoms with van der Waals surface area (Å²) in [6.07, 6.45) is 1.23. The van der Waals surface area contributed by atoms with E-state index in [0.29, 0.717) is 16.3 Å². The Morgan fingerprint density at radius 1 is 1.00 bits per heavy atom. The lowest BCUT2D eigenvalue weighted by atomic mass is 9.93. The maximum Gasteiger partial charge on any atom is 0.347 e. The van der Waals surface area contributed by atoms with E-state index in [4.69, 9.17) is 30.5 Å². The summed E-state index contributed by atoms with van der Waals surface area (Å²) in [5.74, 6) is -2.01. The molecule has 2 heterocycles. The van der Waals surface area contributed by atoms with Gasteiger partial charge in [0.1, 0.15) is 24.0 Å². The predicted octanol–water partition coefficient (Wildman–Crippen LogP) is 4.88. The van der Waals surface area contributed by atoms with E-state index < -0.39 is 48.0 Å². The number of ether oxygens (including phenoxy) is 4. The van der Waals surface area contributed by atoms with Crippen LogP contribution in [0.1, 0.15) is 64.2 Å². The van der Waals surface area contributed by atoms with E-state index in [2.05, 4.69) is 10.6 Å². The molecule has 2 aliphatic heterocycles. The van der Waals surface area contributed by atoms with Gasteiger partial charge in [-0.3, -0.25) is 14.4 Å². The lowest BCUT2D eigenvalue weighted by Gasteiger charge is -2.26. The molecule has 1 saturated heterocycles. The van der Waals surface area contributed by atoms with Crippen molar-refractivity contribution in [3.05, 3.63) is 76.8 Å². The highest BCUT2D eigenvalue weighted by molar-refractivity contribution is 6.32. The standard InChI is InChI=1S/C35H43ClN2O8/c1-20(2)16-29-35(42)45-27(22(4)32-33(46-32)24-10-7-6-8-11-24)12-9-13-30(39)38-26(34(41)37-21(3)17-31(40)44-29)19-23-14-15-28(43-5)25(36)18-23/h6-11,13-15,18,20-22,26-27,29,32-33H,12,16-17,19H2,1-5H3,(H,37,41)(H,38,39)/t21-,22+,26-,27+,29+,32?,33+/m1/s1. The van der Waals surface area contributed by atoms with Gasteiger partial charge < -0.3 is 29.6 Å². The highest BCUT2D eigenvalue weighted by Crippen LogP contribution is 2.45. The maximum absolute atomic E-state index is 13.4. The van der Waals surface area contributed by atoms with Gasteiger partial charge in [-0.25, -0.2) is 4.79 Å². The molecule has 2 aromatic carbocycles. The van der Waals surface area contributed by atoms with Crippen LogP contribution < -0.4 is 15.4 Å². The van der Waals surface area contributed by atoms with Crippen LogP contribution in [0.3, 0.4) is 0 Å². The number of epoxide rings is 1. The van der Waals surface area contributed by atoms with Gasteiger partial charge in [0.2, 0.25) is 11.8 Å². The van der Waals surface area contributed by atoms with Crippen LogP contribution in [0.15, 0.2) is 60.7 Å². The number of amides is 2. The molecule has 2 aliphatic rings. The summed E-state index contributed by atoms with van der Waals surface area (Å²) in [5.41, 5.74) is 1.73. The van der Waals surface area contributed by atoms with Gasteiger partial charge in [-0.05, 0) is 48.6 Å². The van der Waals surface area contributed by atoms with Crippen molar-refractivity contribution in [2.24, 2.45) is 11.8 Å². The van der Waals surface area contributed by atoms with Gasteiger partial charge in [0.25, 0.3) is 0 Å². The molecular formula is C35H43ClN2O8. The first kappa shape index (κ1) is 35.0. The molecule has 11 heteroatoms. The fourth-order valence-electron chi connectivity index (χ4n) is 5.52. The summed E-state index contributed by atoms with van der Waals surface area (Å²) >= 11 is 6.30. The van der Waals surface area contributed by atoms with Gasteiger partial charge in [0, 0.05) is 24.8 Å². The van der Waals surface area contributed by atoms with Crippen molar-refractivity contribution in [3.8, 4) is 5.75 Å². The molecule has 2 aromatic rings. The number of methoxy groups -OCH3 is 1. The zero-order chi connectivity index (χ0) is 33.4. The summed E-state index contributed by atoms with van der Waals surface area (Å²) < 4.78 is 22.9. The van der Waals surface area contributed by atoms with Crippen molar-refractivity contribution >= 4 is 35.4 Å². The Bertz CT molecular complexity index is 1410. The number of halogens is 1. The van der Waals surface area contributed by atoms with E-state index in [9.17, 15) is 19.2 Å². The van der Waals surface area contributed by atoms with Gasteiger partial charge in [-0.15, -0.1) is 0 Å². The monoisotopic (exact) mass is 654 g/mol. The molecule has 1 unspecified atom stereocenters. The minimum absolute atomic E-state index is 0.0361. The minimum atomic E-state index is -1.12. The largest absolute Gasteiger partial charge is 0.495 e. The first-order valence-corrected chi connectivity index (χ1v) is 16.0. The smallest absolute Gasteiger partial charge is 0.347 e. The van der Waals surface area contributed by atoms with E-state index in [0.717, 1.165) is 5.56 Å². The Morgan fingerprint density at radius 3 is 2.41 bits per heavy atom. The highest BCUT2D eigenvalue weighted by atomic mass is 35.5. The molecule has 0 saturated carbocycles. The molecule has 1 fully saturated rings. The molecule has 0 spiro atoms. The van der Waals surface area contributed by atoms with Gasteiger partial charge >= 0.3 is 11.9 Å². The molecule has 0 aliphatic carbocycles. The van der Waals surface area contributed by atoms with Crippen LogP contribution in [0.2, 0.25) is 5.02 Å². The summed E-state index contributed by atoms with van der Waals surface area (Å²) in [6, 6.07) is 13.3. The molecule has 0 aromatic heterocycles. The van der Waals surface area contributed by atoms with E-state index in [1.807, 2.05) is 51.1 Å². The highest BCUT2D eigenvalue weighted by Gasteiger charge is 2.47. The summed E-state index contributed by atoms with van der Waals surface area (Å²) in [7, 11) is 1.51. The predicted molar refractivity (Wildman–Crippen MR) is 172 cm³/mol. The second-order valence-electron chi connectivity index (χ2n) is 12.4. The van der Waals surface area contributed by atoms with E-state index >= 15 is 0 Å². The molecule has 2 N–H and O–H groups in total. The second-order valence-corrected chi connectivity index (χ2v) is 12.8. The van der Waals surface area contributed by atoms with Crippen LogP contribution in [0.25, 0.3) is 0 Å². The van der Waals surface area contributed by atoms with Crippen molar-refractivity contribution in [3.63, 3.8) is 0 Å². The van der Waals surface area contributed by atoms with Gasteiger partial charge in [-0.1, -0.05) is 74.8 Å². The zero-order valence-electron chi connectivity index (χ0n) is 26.9. The molecule has 4 rings (SSSR count). The van der Waals surface area contributed by atoms with Crippen LogP contribution in [-0.4, -0.2) is 61.3 Å². The van der Waals surface area contributed by atoms with E-state index in [1.165, 1.54) is 13.2 Å². The van der Waals surface area contributed by atoms with Crippen LogP contribution in [0.4, 0.5) is 0 Å². The van der Waals surface area contributed by atoms with Gasteiger partial charge in [0.15, 0.2) is 6.10 Å². The number of hydrogen-bond acceptors (Lipinski definition) is 8. The molecule has 0 radical (unpaired) electrons. The third-order valence-electron chi connectivity index (χ3n) is 8.04. The van der Waals surface area contributed by atoms with Crippen LogP contribution in [-0.2, 0) is 39.8 Å². The maximum atomic E-state index is 13.4. The van der Waals surface area contributed by atoms with Gasteiger partial charge in [-0.2, -0.15) is 0 Å². The molecule has 7 atom stereocenters. The van der Waals surface area contributed by atoms with Crippen molar-refractivity contribution < 1.29 is 38.1 Å². The first-order valence-electron chi connectivity index (χ1n) is 15.6. The normalized spacial score (nSPS) is 26.8. The molecule has 2 amide bonds. The topological polar surface area (TPSA) is 133 Å². The molecule has 0 bridgehead atoms. The lowest BCUT2D eigenvalue weighted by molar-refractivity contribution is -0.174. The Morgan fingerprint density at radius 2 is 1.74 bits per heavy atom. The number of nitrogens with one attached hydrogen (secondary N) is 2. The first-order chi connectivity index (χ1) is 21.9. The van der Waals surface area contributed by atoms with Crippen LogP contribution >= 0.6 is 11.6 Å². The number of rotatable bonds is 8. The number of esters is 2. The molecule has 46 heavy (non-hydrogen) atoms. The fraction of sp³-hybridized carbons (Fsp3) is 0.486. The molecule has 10 nitrogen and oxygen atoms in total. The Labute approximate surface area is 275 Å². The minimum Gasteiger partial charge on any atom is -0.495 e. The van der Waals surface area contributed by atoms with E-state index in [-0.39, 0.29) is 49.7 Å². The molecule has 248 valence electrons. The quantitative estimate of drug-likeness (QED) is 0.304. The SMILES string of the molecule is COc1ccc(C[C@H]2NC(=O)C=CC[C@@H]([C@H](C)C3O[C@H]3c3ccccc3)OC(=O)[C@H](CC(C)C)OC(=O)C[C@@H](C)NC2=O)cc1Cl. The summed E-state index contributed by atoms with van der Waals surface area (Å²) in [4.78, 5) is 52.9. The van der Waals surface area contributed by atoms with Crippen LogP contribution in [0, 0.1) is 11.8 Å². The molecular weight excluding hydrogens is 612 g/mol. The van der Waals surface area contributed by atoms with Crippen molar-refractivity contribution in [1.82, 2.24) is 10.6 Å². The summed E-state index contributed by atoms with van der Waals surface area (Å²) in [6.45, 7) is 7.42. The average molecular weight is 655 g/mol. The number of carbonyl (C=O) groups excluding carboxylic acids is 4. The van der Waals surface area contributed by atoms with Crippen molar-refractivity contribution in [2.75, 3.05) is 7.11 Å². The number of hydrogen-bond donors (Lipinski definition) is 2. The lowest BCUT2D eigenvalue weighted by Crippen LogP contribution is -2.50. The number of benzene rings is 2. The van der Waals surface area contributed by atoms with Crippen molar-refractivity contribution in [2.45, 2.75) is 89.9 Å². The number of cyclic esters (lactones) is 2. The Hall–Kier alpha value is -3.89. The average Bonchev–Trinajstić information content (AvgIpc) is 3.80. The van der Waals surface area contributed by atoms with Gasteiger partial charge in [0.05, 0.1) is 24.7 Å². The van der Waals surface area contributed by atoms with E-state index in [1.54, 1.807) is 31.2 Å². The number of carbonyl (C=O) groups is 4. The second kappa shape index (κ2) is 16.1. The zero-order valence-corrected chi connectivity index (χ0v) is 27.6. The Balaban J connectivity index is 1.58. The summed E-state index contributed by atoms with van der Waals surface area (Å²) in [5, 5.41) is 5.91. The van der Waals surface area contributed by atoms with Crippen molar-refractivity contribution in [1.29, 1.82) is 0 Å². The fourth-order valence-corrected chi connectivity index (χ4v) is 5.80. The third-order valence-corrected chi connectivity index (χ3v) is 8.33. The third kappa shape index (κ3) is 9.80.